The minimum absolute atomic E-state index is 0.166. The first-order valence-corrected chi connectivity index (χ1v) is 5.62. The first-order valence-electron chi connectivity index (χ1n) is 5.62. The summed E-state index contributed by atoms with van der Waals surface area (Å²) in [6.07, 6.45) is 5.48. The van der Waals surface area contributed by atoms with Crippen LogP contribution in [0.25, 0.3) is 0 Å². The molecule has 2 N–H and O–H groups in total. The Bertz CT molecular complexity index is 199. The molecule has 0 heterocycles. The van der Waals surface area contributed by atoms with E-state index in [2.05, 4.69) is 6.92 Å². The van der Waals surface area contributed by atoms with E-state index >= 15 is 0 Å². The van der Waals surface area contributed by atoms with Gasteiger partial charge in [-0.1, -0.05) is 19.8 Å². The first kappa shape index (κ1) is 11.5. The number of amides is 1. The summed E-state index contributed by atoms with van der Waals surface area (Å²) in [5, 5.41) is 0. The van der Waals surface area contributed by atoms with E-state index in [0.717, 1.165) is 25.8 Å². The number of nitrogens with zero attached hydrogens (tertiary/aromatic N) is 1. The van der Waals surface area contributed by atoms with Crippen LogP contribution in [-0.4, -0.2) is 30.9 Å². The molecular formula is C11H22N2O. The fourth-order valence-corrected chi connectivity index (χ4v) is 1.76. The van der Waals surface area contributed by atoms with Crippen molar-refractivity contribution in [2.75, 3.05) is 20.1 Å². The van der Waals surface area contributed by atoms with Crippen LogP contribution in [0.4, 0.5) is 0 Å². The average molecular weight is 198 g/mol. The van der Waals surface area contributed by atoms with Crippen LogP contribution < -0.4 is 5.73 Å². The molecule has 0 aliphatic heterocycles. The Morgan fingerprint density at radius 3 is 2.50 bits per heavy atom. The lowest BCUT2D eigenvalue weighted by molar-refractivity contribution is -0.135. The lowest BCUT2D eigenvalue weighted by Gasteiger charge is -2.22. The van der Waals surface area contributed by atoms with E-state index in [4.69, 9.17) is 5.73 Å². The second-order valence-electron chi connectivity index (χ2n) is 4.42. The summed E-state index contributed by atoms with van der Waals surface area (Å²) in [6, 6.07) is 0. The molecule has 1 aliphatic carbocycles. The van der Waals surface area contributed by atoms with Crippen LogP contribution >= 0.6 is 0 Å². The molecule has 3 nitrogen and oxygen atoms in total. The Balaban J connectivity index is 2.30. The van der Waals surface area contributed by atoms with Crippen LogP contribution in [0.5, 0.6) is 0 Å². The van der Waals surface area contributed by atoms with Crippen molar-refractivity contribution < 1.29 is 4.79 Å². The number of hydrogen-bond donors (Lipinski definition) is 1. The summed E-state index contributed by atoms with van der Waals surface area (Å²) < 4.78 is 0. The van der Waals surface area contributed by atoms with Gasteiger partial charge in [-0.25, -0.2) is 0 Å². The predicted molar refractivity (Wildman–Crippen MR) is 57.9 cm³/mol. The molecule has 0 bridgehead atoms. The third kappa shape index (κ3) is 2.47. The topological polar surface area (TPSA) is 46.3 Å². The second-order valence-corrected chi connectivity index (χ2v) is 4.42. The van der Waals surface area contributed by atoms with E-state index in [-0.39, 0.29) is 11.3 Å². The van der Waals surface area contributed by atoms with Crippen LogP contribution in [0.1, 0.15) is 39.0 Å². The largest absolute Gasteiger partial charge is 0.345 e. The van der Waals surface area contributed by atoms with Crippen molar-refractivity contribution in [2.45, 2.75) is 39.0 Å². The highest BCUT2D eigenvalue weighted by atomic mass is 16.2. The van der Waals surface area contributed by atoms with Crippen LogP contribution in [0, 0.1) is 5.41 Å². The molecule has 14 heavy (non-hydrogen) atoms. The molecule has 0 radical (unpaired) electrons. The number of unbranched alkanes of at least 4 members (excludes halogenated alkanes) is 2. The monoisotopic (exact) mass is 198 g/mol. The second kappa shape index (κ2) is 4.78. The van der Waals surface area contributed by atoms with Crippen molar-refractivity contribution in [1.29, 1.82) is 0 Å². The molecule has 0 unspecified atom stereocenters. The van der Waals surface area contributed by atoms with Gasteiger partial charge in [-0.05, 0) is 19.3 Å². The molecule has 0 aromatic rings. The zero-order valence-electron chi connectivity index (χ0n) is 9.38. The summed E-state index contributed by atoms with van der Waals surface area (Å²) in [4.78, 5) is 13.8. The van der Waals surface area contributed by atoms with E-state index in [1.165, 1.54) is 12.8 Å². The lowest BCUT2D eigenvalue weighted by atomic mass is 10.1. The van der Waals surface area contributed by atoms with Gasteiger partial charge < -0.3 is 10.6 Å². The summed E-state index contributed by atoms with van der Waals surface area (Å²) in [6.45, 7) is 3.57. The molecule has 1 amide bonds. The molecule has 0 aromatic heterocycles. The van der Waals surface area contributed by atoms with Gasteiger partial charge in [-0.3, -0.25) is 4.79 Å². The maximum atomic E-state index is 11.9. The third-order valence-corrected chi connectivity index (χ3v) is 3.14. The summed E-state index contributed by atoms with van der Waals surface area (Å²) in [5.74, 6) is 0.260. The van der Waals surface area contributed by atoms with Gasteiger partial charge in [0.15, 0.2) is 0 Å². The molecule has 0 spiro atoms. The standard InChI is InChI=1S/C11H22N2O/c1-3-4-5-8-13(2)10(14)11(9-12)6-7-11/h3-9,12H2,1-2H3. The highest BCUT2D eigenvalue weighted by Crippen LogP contribution is 2.45. The van der Waals surface area contributed by atoms with Crippen molar-refractivity contribution >= 4 is 5.91 Å². The fourth-order valence-electron chi connectivity index (χ4n) is 1.76. The van der Waals surface area contributed by atoms with Crippen molar-refractivity contribution in [2.24, 2.45) is 11.1 Å². The minimum Gasteiger partial charge on any atom is -0.345 e. The van der Waals surface area contributed by atoms with Crippen molar-refractivity contribution in [1.82, 2.24) is 4.90 Å². The maximum absolute atomic E-state index is 11.9. The van der Waals surface area contributed by atoms with Crippen LogP contribution in [0.2, 0.25) is 0 Å². The van der Waals surface area contributed by atoms with Crippen molar-refractivity contribution in [3.8, 4) is 0 Å². The normalized spacial score (nSPS) is 17.9. The molecule has 0 saturated heterocycles. The van der Waals surface area contributed by atoms with Crippen LogP contribution in [0.15, 0.2) is 0 Å². The van der Waals surface area contributed by atoms with Crippen LogP contribution in [0.3, 0.4) is 0 Å². The number of hydrogen-bond acceptors (Lipinski definition) is 2. The Hall–Kier alpha value is -0.570. The maximum Gasteiger partial charge on any atom is 0.229 e. The van der Waals surface area contributed by atoms with Gasteiger partial charge in [0.05, 0.1) is 5.41 Å². The smallest absolute Gasteiger partial charge is 0.229 e. The molecule has 0 aromatic carbocycles. The Labute approximate surface area is 86.6 Å². The molecule has 3 heteroatoms. The molecule has 1 saturated carbocycles. The molecule has 1 aliphatic rings. The summed E-state index contributed by atoms with van der Waals surface area (Å²) >= 11 is 0. The molecule has 1 fully saturated rings. The number of carbonyl (C=O) groups excluding carboxylic acids is 1. The molecule has 1 rings (SSSR count). The van der Waals surface area contributed by atoms with E-state index in [1.807, 2.05) is 11.9 Å². The van der Waals surface area contributed by atoms with Gasteiger partial charge in [0.1, 0.15) is 0 Å². The van der Waals surface area contributed by atoms with E-state index in [9.17, 15) is 4.79 Å². The van der Waals surface area contributed by atoms with Gasteiger partial charge >= 0.3 is 0 Å². The fraction of sp³-hybridized carbons (Fsp3) is 0.909. The number of rotatable bonds is 6. The third-order valence-electron chi connectivity index (χ3n) is 3.14. The van der Waals surface area contributed by atoms with Gasteiger partial charge in [-0.15, -0.1) is 0 Å². The van der Waals surface area contributed by atoms with E-state index in [1.54, 1.807) is 0 Å². The molecule has 0 atom stereocenters. The highest BCUT2D eigenvalue weighted by Gasteiger charge is 2.49. The minimum atomic E-state index is -0.166. The first-order chi connectivity index (χ1) is 6.66. The molecule has 82 valence electrons. The highest BCUT2D eigenvalue weighted by molar-refractivity contribution is 5.85. The summed E-state index contributed by atoms with van der Waals surface area (Å²) in [5.41, 5.74) is 5.45. The van der Waals surface area contributed by atoms with Crippen LogP contribution in [-0.2, 0) is 4.79 Å². The Morgan fingerprint density at radius 2 is 2.07 bits per heavy atom. The number of nitrogens with two attached hydrogens (primary N) is 1. The zero-order chi connectivity index (χ0) is 10.6. The Kier molecular flexibility index (Phi) is 3.93. The summed E-state index contributed by atoms with van der Waals surface area (Å²) in [7, 11) is 1.90. The average Bonchev–Trinajstić information content (AvgIpc) is 2.97. The van der Waals surface area contributed by atoms with Gasteiger partial charge in [-0.2, -0.15) is 0 Å². The quantitative estimate of drug-likeness (QED) is 0.655. The zero-order valence-corrected chi connectivity index (χ0v) is 9.38. The van der Waals surface area contributed by atoms with E-state index < -0.39 is 0 Å². The Morgan fingerprint density at radius 1 is 1.43 bits per heavy atom. The number of carbonyl (C=O) groups is 1. The van der Waals surface area contributed by atoms with Crippen molar-refractivity contribution in [3.63, 3.8) is 0 Å². The SMILES string of the molecule is CCCCCN(C)C(=O)C1(CN)CC1. The molecular weight excluding hydrogens is 176 g/mol. The van der Waals surface area contributed by atoms with Gasteiger partial charge in [0.2, 0.25) is 5.91 Å². The van der Waals surface area contributed by atoms with Gasteiger partial charge in [0.25, 0.3) is 0 Å². The van der Waals surface area contributed by atoms with E-state index in [0.29, 0.717) is 6.54 Å². The van der Waals surface area contributed by atoms with Gasteiger partial charge in [0, 0.05) is 20.1 Å². The van der Waals surface area contributed by atoms with Crippen molar-refractivity contribution in [3.05, 3.63) is 0 Å². The lowest BCUT2D eigenvalue weighted by Crippen LogP contribution is -2.38. The predicted octanol–water partition coefficient (Wildman–Crippen LogP) is 1.37.